The molecule has 1 amide bonds. The zero-order chi connectivity index (χ0) is 38.4. The summed E-state index contributed by atoms with van der Waals surface area (Å²) in [4.78, 5) is 11.9. The van der Waals surface area contributed by atoms with E-state index in [2.05, 4.69) is 15.6 Å². The van der Waals surface area contributed by atoms with Gasteiger partial charge in [0.05, 0.1) is 45.6 Å². The molecule has 0 bridgehead atoms. The topological polar surface area (TPSA) is 317 Å². The molecule has 1 aromatic heterocycles. The minimum atomic E-state index is -1.88. The number of aliphatic hydroxyl groups excluding tert-OH is 10. The molecule has 15 atom stereocenters. The summed E-state index contributed by atoms with van der Waals surface area (Å²) in [7, 11) is 0. The van der Waals surface area contributed by atoms with Crippen molar-refractivity contribution in [1.82, 2.24) is 20.3 Å². The molecule has 3 fully saturated rings. The number of aliphatic hydroxyl groups is 10. The molecule has 0 saturated carbocycles. The van der Waals surface area contributed by atoms with E-state index in [0.29, 0.717) is 12.2 Å². The molecule has 0 unspecified atom stereocenters. The summed E-state index contributed by atoms with van der Waals surface area (Å²) >= 11 is 0. The number of hydrogen-bond acceptors (Lipinski definition) is 19. The molecule has 2 aromatic rings. The Hall–Kier alpha value is -2.81. The van der Waals surface area contributed by atoms with Gasteiger partial charge in [-0.05, 0) is 12.5 Å². The first-order valence-corrected chi connectivity index (χ1v) is 17.1. The van der Waals surface area contributed by atoms with Crippen LogP contribution in [0.1, 0.15) is 12.5 Å². The molecule has 0 aliphatic carbocycles. The van der Waals surface area contributed by atoms with Crippen molar-refractivity contribution < 1.29 is 84.3 Å². The molecule has 5 rings (SSSR count). The van der Waals surface area contributed by atoms with E-state index < -0.39 is 112 Å². The maximum atomic E-state index is 11.9. The number of nitrogens with one attached hydrogen (secondary N) is 1. The lowest BCUT2D eigenvalue weighted by Gasteiger charge is -2.46. The lowest BCUT2D eigenvalue weighted by Crippen LogP contribution is -2.65. The Bertz CT molecular complexity index is 1430. The van der Waals surface area contributed by atoms with Crippen LogP contribution in [0.4, 0.5) is 0 Å². The Balaban J connectivity index is 1.25. The van der Waals surface area contributed by atoms with Crippen LogP contribution < -0.4 is 5.32 Å². The fourth-order valence-electron chi connectivity index (χ4n) is 6.11. The Morgan fingerprint density at radius 1 is 0.755 bits per heavy atom. The number of amides is 1. The van der Waals surface area contributed by atoms with Gasteiger partial charge in [0.1, 0.15) is 78.9 Å². The van der Waals surface area contributed by atoms with Gasteiger partial charge in [-0.1, -0.05) is 29.5 Å². The second-order valence-electron chi connectivity index (χ2n) is 12.9. The Labute approximate surface area is 302 Å². The summed E-state index contributed by atoms with van der Waals surface area (Å²) in [5, 5.41) is 114. The zero-order valence-electron chi connectivity index (χ0n) is 28.7. The summed E-state index contributed by atoms with van der Waals surface area (Å²) in [5.74, 6) is -0.0906. The van der Waals surface area contributed by atoms with E-state index >= 15 is 0 Å². The van der Waals surface area contributed by atoms with Crippen molar-refractivity contribution in [2.75, 3.05) is 33.0 Å². The van der Waals surface area contributed by atoms with Gasteiger partial charge in [0.2, 0.25) is 5.91 Å². The quantitative estimate of drug-likeness (QED) is 0.0805. The highest BCUT2D eigenvalue weighted by molar-refractivity contribution is 5.78. The minimum absolute atomic E-state index is 0.0906. The number of hydrogen-bond donors (Lipinski definition) is 11. The van der Waals surface area contributed by atoms with Crippen molar-refractivity contribution in [3.8, 4) is 11.3 Å². The molecule has 1 aromatic carbocycles. The third-order valence-corrected chi connectivity index (χ3v) is 9.18. The number of carbonyl (C=O) groups is 1. The average Bonchev–Trinajstić information content (AvgIpc) is 3.62. The number of carbonyl (C=O) groups excluding carboxylic acids is 1. The normalized spacial score (nSPS) is 37.8. The van der Waals surface area contributed by atoms with Gasteiger partial charge in [0.15, 0.2) is 18.9 Å². The molecule has 11 N–H and O–H groups in total. The van der Waals surface area contributed by atoms with E-state index in [9.17, 15) is 55.9 Å². The lowest BCUT2D eigenvalue weighted by molar-refractivity contribution is -0.366. The molecule has 0 radical (unpaired) electrons. The highest BCUT2D eigenvalue weighted by Crippen LogP contribution is 2.31. The molecule has 21 nitrogen and oxygen atoms in total. The standard InChI is InChI=1S/C32H48N4O17/c1-2-33-20(39)9-14-3-5-15(6-4-14)16-10-36(35-34-16)7-8-48-31-28(47)29(53-32-27(46)25(44)22(41)18(12-38)51-32)23(42)19(52-31)13-49-30-26(45)24(43)21(40)17(11-37)50-30/h3-6,10,17-19,21-32,37-38,40-47H,2,7-9,11-13H2,1H3,(H,33,39)/t17-,18-,19-,21-,22-,23-,24+,25+,26+,27+,28+,29+,30+,31+,32-/m1/s1. The minimum Gasteiger partial charge on any atom is -0.394 e. The molecular formula is C32H48N4O17. The molecule has 53 heavy (non-hydrogen) atoms. The van der Waals surface area contributed by atoms with Gasteiger partial charge in [-0.3, -0.25) is 4.79 Å². The van der Waals surface area contributed by atoms with Crippen molar-refractivity contribution in [3.63, 3.8) is 0 Å². The third kappa shape index (κ3) is 9.71. The van der Waals surface area contributed by atoms with E-state index in [-0.39, 0.29) is 25.5 Å². The first-order valence-electron chi connectivity index (χ1n) is 17.1. The van der Waals surface area contributed by atoms with Crippen LogP contribution in [0.2, 0.25) is 0 Å². The van der Waals surface area contributed by atoms with Crippen LogP contribution >= 0.6 is 0 Å². The summed E-state index contributed by atoms with van der Waals surface area (Å²) in [6.45, 7) is 0.252. The molecule has 0 spiro atoms. The monoisotopic (exact) mass is 760 g/mol. The maximum Gasteiger partial charge on any atom is 0.224 e. The first-order chi connectivity index (χ1) is 25.4. The maximum absolute atomic E-state index is 11.9. The fraction of sp³-hybridized carbons (Fsp3) is 0.719. The fourth-order valence-corrected chi connectivity index (χ4v) is 6.11. The Morgan fingerprint density at radius 3 is 1.96 bits per heavy atom. The van der Waals surface area contributed by atoms with Gasteiger partial charge in [-0.2, -0.15) is 0 Å². The zero-order valence-corrected chi connectivity index (χ0v) is 28.7. The van der Waals surface area contributed by atoms with Crippen molar-refractivity contribution in [2.45, 2.75) is 112 Å². The van der Waals surface area contributed by atoms with Gasteiger partial charge in [-0.15, -0.1) is 5.10 Å². The van der Waals surface area contributed by atoms with Crippen LogP contribution in [0.5, 0.6) is 0 Å². The molecule has 4 heterocycles. The molecule has 298 valence electrons. The SMILES string of the molecule is CCNC(=O)Cc1ccc(-c2cn(CCO[C@H]3O[C@H](CO[C@H]4O[C@H](CO)[C@@H](O)[C@H](O)[C@@H]4O)[C@@H](O)[C@H](O[C@H]4O[C@H](CO)[C@@H](O)[C@H](O)[C@@H]4O)[C@@H]3O)nn2)cc1. The number of aromatic nitrogens is 3. The van der Waals surface area contributed by atoms with Gasteiger partial charge in [0, 0.05) is 12.1 Å². The van der Waals surface area contributed by atoms with Crippen molar-refractivity contribution in [2.24, 2.45) is 0 Å². The highest BCUT2D eigenvalue weighted by atomic mass is 16.7. The summed E-state index contributed by atoms with van der Waals surface area (Å²) < 4.78 is 35.1. The van der Waals surface area contributed by atoms with Crippen molar-refractivity contribution >= 4 is 5.91 Å². The number of nitrogens with zero attached hydrogens (tertiary/aromatic N) is 3. The van der Waals surface area contributed by atoms with Crippen LogP contribution in [0.3, 0.4) is 0 Å². The Morgan fingerprint density at radius 2 is 1.34 bits per heavy atom. The molecule has 21 heteroatoms. The van der Waals surface area contributed by atoms with Crippen molar-refractivity contribution in [1.29, 1.82) is 0 Å². The largest absolute Gasteiger partial charge is 0.394 e. The van der Waals surface area contributed by atoms with Gasteiger partial charge in [-0.25, -0.2) is 4.68 Å². The van der Waals surface area contributed by atoms with Crippen molar-refractivity contribution in [3.05, 3.63) is 36.0 Å². The molecular weight excluding hydrogens is 712 g/mol. The van der Waals surface area contributed by atoms with Crippen LogP contribution in [0.25, 0.3) is 11.3 Å². The van der Waals surface area contributed by atoms with Gasteiger partial charge < -0.3 is 84.8 Å². The van der Waals surface area contributed by atoms with Crippen LogP contribution in [0.15, 0.2) is 30.5 Å². The predicted octanol–water partition coefficient (Wildman–Crippen LogP) is -5.91. The van der Waals surface area contributed by atoms with E-state index in [1.165, 1.54) is 4.68 Å². The predicted molar refractivity (Wildman–Crippen MR) is 173 cm³/mol. The van der Waals surface area contributed by atoms with E-state index in [1.54, 1.807) is 18.3 Å². The third-order valence-electron chi connectivity index (χ3n) is 9.18. The molecule has 3 aliphatic heterocycles. The number of ether oxygens (including phenoxy) is 6. The highest BCUT2D eigenvalue weighted by Gasteiger charge is 2.52. The smallest absolute Gasteiger partial charge is 0.224 e. The summed E-state index contributed by atoms with van der Waals surface area (Å²) in [5.41, 5.74) is 2.10. The number of likely N-dealkylation sites (N-methyl/N-ethyl adjacent to an activating group) is 1. The van der Waals surface area contributed by atoms with Gasteiger partial charge in [0.25, 0.3) is 0 Å². The number of rotatable bonds is 15. The second kappa shape index (κ2) is 18.7. The second-order valence-corrected chi connectivity index (χ2v) is 12.9. The van der Waals surface area contributed by atoms with E-state index in [4.69, 9.17) is 28.4 Å². The molecule has 3 saturated heterocycles. The van der Waals surface area contributed by atoms with Crippen LogP contribution in [-0.4, -0.2) is 197 Å². The van der Waals surface area contributed by atoms with Gasteiger partial charge >= 0.3 is 0 Å². The number of benzene rings is 1. The van der Waals surface area contributed by atoms with E-state index in [0.717, 1.165) is 11.1 Å². The summed E-state index contributed by atoms with van der Waals surface area (Å²) in [6.07, 6.45) is -22.9. The lowest BCUT2D eigenvalue weighted by atomic mass is 9.96. The van der Waals surface area contributed by atoms with E-state index in [1.807, 2.05) is 19.1 Å². The Kier molecular flexibility index (Phi) is 14.6. The summed E-state index contributed by atoms with van der Waals surface area (Å²) in [6, 6.07) is 7.23. The van der Waals surface area contributed by atoms with Crippen LogP contribution in [0, 0.1) is 0 Å². The first kappa shape index (κ1) is 41.4. The van der Waals surface area contributed by atoms with Crippen LogP contribution in [-0.2, 0) is 46.2 Å². The molecule has 3 aliphatic rings. The average molecular weight is 761 g/mol.